The molecule has 26 heavy (non-hydrogen) atoms. The van der Waals surface area contributed by atoms with Gasteiger partial charge in [-0.3, -0.25) is 4.79 Å². The van der Waals surface area contributed by atoms with Gasteiger partial charge in [0, 0.05) is 11.3 Å². The Morgan fingerprint density at radius 3 is 2.54 bits per heavy atom. The molecule has 3 nitrogen and oxygen atoms in total. The molecule has 0 unspecified atom stereocenters. The molecule has 0 aliphatic carbocycles. The van der Waals surface area contributed by atoms with Crippen LogP contribution >= 0.6 is 0 Å². The van der Waals surface area contributed by atoms with Gasteiger partial charge in [-0.15, -0.1) is 0 Å². The highest BCUT2D eigenvalue weighted by molar-refractivity contribution is 6.03. The number of furan rings is 1. The Morgan fingerprint density at radius 2 is 1.81 bits per heavy atom. The molecule has 0 saturated carbocycles. The van der Waals surface area contributed by atoms with Crippen LogP contribution in [0.4, 0.5) is 18.9 Å². The number of amides is 1. The molecule has 0 atom stereocenters. The van der Waals surface area contributed by atoms with Crippen molar-refractivity contribution in [3.05, 3.63) is 77.6 Å². The number of benzene rings is 2. The summed E-state index contributed by atoms with van der Waals surface area (Å²) in [6.07, 6.45) is -3.68. The molecule has 0 fully saturated rings. The Kier molecular flexibility index (Phi) is 4.84. The maximum absolute atomic E-state index is 12.8. The van der Waals surface area contributed by atoms with E-state index in [9.17, 15) is 18.0 Å². The summed E-state index contributed by atoms with van der Waals surface area (Å²) >= 11 is 0. The predicted octanol–water partition coefficient (Wildman–Crippen LogP) is 5.78. The van der Waals surface area contributed by atoms with Crippen LogP contribution in [0, 0.1) is 0 Å². The number of para-hydroxylation sites is 1. The molecule has 2 aromatic carbocycles. The Morgan fingerprint density at radius 1 is 1.04 bits per heavy atom. The molecule has 3 aromatic rings. The Labute approximate surface area is 148 Å². The van der Waals surface area contributed by atoms with E-state index in [0.717, 1.165) is 24.1 Å². The SMILES string of the molecule is CCc1ccccc1NC(=O)c1ccc(-c2cccc(C(F)(F)F)c2)o1. The van der Waals surface area contributed by atoms with Gasteiger partial charge in [0.15, 0.2) is 5.76 Å². The summed E-state index contributed by atoms with van der Waals surface area (Å²) in [7, 11) is 0. The highest BCUT2D eigenvalue weighted by Gasteiger charge is 2.30. The number of halogens is 3. The van der Waals surface area contributed by atoms with Crippen LogP contribution in [0.25, 0.3) is 11.3 Å². The zero-order valence-corrected chi connectivity index (χ0v) is 13.9. The van der Waals surface area contributed by atoms with E-state index in [1.165, 1.54) is 24.3 Å². The molecule has 0 radical (unpaired) electrons. The van der Waals surface area contributed by atoms with Crippen molar-refractivity contribution in [1.29, 1.82) is 0 Å². The minimum atomic E-state index is -4.44. The summed E-state index contributed by atoms with van der Waals surface area (Å²) in [6, 6.07) is 15.1. The first kappa shape index (κ1) is 17.8. The zero-order chi connectivity index (χ0) is 18.7. The minimum Gasteiger partial charge on any atom is -0.451 e. The minimum absolute atomic E-state index is 0.0308. The van der Waals surface area contributed by atoms with E-state index in [2.05, 4.69) is 5.32 Å². The van der Waals surface area contributed by atoms with Crippen molar-refractivity contribution in [3.8, 4) is 11.3 Å². The lowest BCUT2D eigenvalue weighted by Gasteiger charge is -2.08. The highest BCUT2D eigenvalue weighted by Crippen LogP contribution is 2.32. The maximum atomic E-state index is 12.8. The third-order valence-electron chi connectivity index (χ3n) is 3.95. The van der Waals surface area contributed by atoms with Crippen LogP contribution in [0.15, 0.2) is 65.1 Å². The van der Waals surface area contributed by atoms with Crippen LogP contribution in [-0.2, 0) is 12.6 Å². The molecule has 134 valence electrons. The van der Waals surface area contributed by atoms with Crippen LogP contribution in [0.2, 0.25) is 0 Å². The van der Waals surface area contributed by atoms with Crippen molar-refractivity contribution in [2.75, 3.05) is 5.32 Å². The predicted molar refractivity (Wildman–Crippen MR) is 92.9 cm³/mol. The molecular weight excluding hydrogens is 343 g/mol. The second-order valence-corrected chi connectivity index (χ2v) is 5.71. The smallest absolute Gasteiger partial charge is 0.416 e. The zero-order valence-electron chi connectivity index (χ0n) is 13.9. The standard InChI is InChI=1S/C20H16F3NO2/c1-2-13-6-3-4-9-16(13)24-19(25)18-11-10-17(26-18)14-7-5-8-15(12-14)20(21,22)23/h3-12H,2H2,1H3,(H,24,25). The fourth-order valence-corrected chi connectivity index (χ4v) is 2.60. The summed E-state index contributed by atoms with van der Waals surface area (Å²) in [5.41, 5.74) is 1.14. The van der Waals surface area contributed by atoms with Crippen LogP contribution < -0.4 is 5.32 Å². The molecule has 1 aromatic heterocycles. The normalized spacial score (nSPS) is 11.4. The average molecular weight is 359 g/mol. The molecule has 1 amide bonds. The highest BCUT2D eigenvalue weighted by atomic mass is 19.4. The van der Waals surface area contributed by atoms with Gasteiger partial charge in [0.05, 0.1) is 5.56 Å². The Hall–Kier alpha value is -3.02. The van der Waals surface area contributed by atoms with Gasteiger partial charge < -0.3 is 9.73 Å². The van der Waals surface area contributed by atoms with E-state index in [1.807, 2.05) is 25.1 Å². The number of alkyl halides is 3. The summed E-state index contributed by atoms with van der Waals surface area (Å²) < 4.78 is 44.0. The lowest BCUT2D eigenvalue weighted by atomic mass is 10.1. The number of aryl methyl sites for hydroxylation is 1. The van der Waals surface area contributed by atoms with E-state index >= 15 is 0 Å². The first-order chi connectivity index (χ1) is 12.4. The van der Waals surface area contributed by atoms with Gasteiger partial charge in [-0.1, -0.05) is 37.3 Å². The van der Waals surface area contributed by atoms with Gasteiger partial charge in [0.2, 0.25) is 0 Å². The van der Waals surface area contributed by atoms with Gasteiger partial charge in [-0.2, -0.15) is 13.2 Å². The number of carbonyl (C=O) groups is 1. The molecular formula is C20H16F3NO2. The molecule has 1 N–H and O–H groups in total. The monoisotopic (exact) mass is 359 g/mol. The quantitative estimate of drug-likeness (QED) is 0.641. The maximum Gasteiger partial charge on any atom is 0.416 e. The molecule has 0 aliphatic rings. The number of hydrogen-bond acceptors (Lipinski definition) is 2. The van der Waals surface area contributed by atoms with E-state index in [-0.39, 0.29) is 17.1 Å². The topological polar surface area (TPSA) is 42.2 Å². The molecule has 0 bridgehead atoms. The van der Waals surface area contributed by atoms with Crippen molar-refractivity contribution in [2.45, 2.75) is 19.5 Å². The van der Waals surface area contributed by atoms with Gasteiger partial charge in [0.1, 0.15) is 5.76 Å². The first-order valence-corrected chi connectivity index (χ1v) is 8.05. The van der Waals surface area contributed by atoms with Gasteiger partial charge in [-0.05, 0) is 42.3 Å². The first-order valence-electron chi connectivity index (χ1n) is 8.05. The third-order valence-corrected chi connectivity index (χ3v) is 3.95. The van der Waals surface area contributed by atoms with Crippen LogP contribution in [-0.4, -0.2) is 5.91 Å². The number of nitrogens with one attached hydrogen (secondary N) is 1. The van der Waals surface area contributed by atoms with E-state index in [1.54, 1.807) is 6.07 Å². The lowest BCUT2D eigenvalue weighted by molar-refractivity contribution is -0.137. The molecule has 6 heteroatoms. The molecule has 1 heterocycles. The fourth-order valence-electron chi connectivity index (χ4n) is 2.60. The molecule has 0 spiro atoms. The van der Waals surface area contributed by atoms with Gasteiger partial charge in [0.25, 0.3) is 5.91 Å². The Bertz CT molecular complexity index is 929. The second kappa shape index (κ2) is 7.07. The molecule has 0 aliphatic heterocycles. The van der Waals surface area contributed by atoms with Gasteiger partial charge in [-0.25, -0.2) is 0 Å². The number of hydrogen-bond donors (Lipinski definition) is 1. The van der Waals surface area contributed by atoms with Crippen LogP contribution in [0.5, 0.6) is 0 Å². The van der Waals surface area contributed by atoms with Crippen LogP contribution in [0.3, 0.4) is 0 Å². The average Bonchev–Trinajstić information content (AvgIpc) is 3.12. The molecule has 3 rings (SSSR count). The number of anilines is 1. The van der Waals surface area contributed by atoms with Crippen LogP contribution in [0.1, 0.15) is 28.6 Å². The van der Waals surface area contributed by atoms with E-state index < -0.39 is 17.6 Å². The Balaban J connectivity index is 1.83. The second-order valence-electron chi connectivity index (χ2n) is 5.71. The van der Waals surface area contributed by atoms with Crippen molar-refractivity contribution >= 4 is 11.6 Å². The molecule has 0 saturated heterocycles. The van der Waals surface area contributed by atoms with E-state index in [4.69, 9.17) is 4.42 Å². The fraction of sp³-hybridized carbons (Fsp3) is 0.150. The van der Waals surface area contributed by atoms with Gasteiger partial charge >= 0.3 is 6.18 Å². The van der Waals surface area contributed by atoms with Crippen molar-refractivity contribution in [2.24, 2.45) is 0 Å². The van der Waals surface area contributed by atoms with Crippen molar-refractivity contribution in [3.63, 3.8) is 0 Å². The largest absolute Gasteiger partial charge is 0.451 e. The third kappa shape index (κ3) is 3.79. The summed E-state index contributed by atoms with van der Waals surface area (Å²) in [6.45, 7) is 1.98. The van der Waals surface area contributed by atoms with Crippen molar-refractivity contribution < 1.29 is 22.4 Å². The summed E-state index contributed by atoms with van der Waals surface area (Å²) in [5.74, 6) is -0.225. The van der Waals surface area contributed by atoms with Crippen molar-refractivity contribution in [1.82, 2.24) is 0 Å². The number of carbonyl (C=O) groups excluding carboxylic acids is 1. The van der Waals surface area contributed by atoms with E-state index in [0.29, 0.717) is 5.69 Å². The summed E-state index contributed by atoms with van der Waals surface area (Å²) in [5, 5.41) is 2.77. The lowest BCUT2D eigenvalue weighted by Crippen LogP contribution is -2.12. The summed E-state index contributed by atoms with van der Waals surface area (Å²) in [4.78, 5) is 12.4. The number of rotatable bonds is 4.